The van der Waals surface area contributed by atoms with Crippen molar-refractivity contribution in [1.82, 2.24) is 10.2 Å². The lowest BCUT2D eigenvalue weighted by Crippen LogP contribution is -2.24. The third-order valence-electron chi connectivity index (χ3n) is 2.08. The molecule has 0 aromatic carbocycles. The maximum Gasteiger partial charge on any atom is 0.182 e. The summed E-state index contributed by atoms with van der Waals surface area (Å²) in [6, 6.07) is 0. The zero-order chi connectivity index (χ0) is 13.1. The van der Waals surface area contributed by atoms with Crippen molar-refractivity contribution in [3.05, 3.63) is 0 Å². The maximum absolute atomic E-state index is 11.5. The summed E-state index contributed by atoms with van der Waals surface area (Å²) in [6.07, 6.45) is 0.559. The fraction of sp³-hybridized carbons (Fsp3) is 0.625. The number of aromatic amines is 1. The molecule has 8 nitrogen and oxygen atoms in total. The van der Waals surface area contributed by atoms with E-state index in [9.17, 15) is 8.42 Å². The fourth-order valence-electron chi connectivity index (χ4n) is 1.28. The van der Waals surface area contributed by atoms with E-state index >= 15 is 0 Å². The van der Waals surface area contributed by atoms with Gasteiger partial charge in [0.25, 0.3) is 0 Å². The van der Waals surface area contributed by atoms with Gasteiger partial charge in [-0.1, -0.05) is 0 Å². The highest BCUT2D eigenvalue weighted by Crippen LogP contribution is 2.24. The van der Waals surface area contributed by atoms with Crippen molar-refractivity contribution in [3.63, 3.8) is 0 Å². The van der Waals surface area contributed by atoms with Crippen LogP contribution in [0, 0.1) is 0 Å². The number of nitrogens with two attached hydrogens (primary N) is 1. The fourth-order valence-corrected chi connectivity index (χ4v) is 2.20. The van der Waals surface area contributed by atoms with E-state index in [1.54, 1.807) is 0 Å². The Morgan fingerprint density at radius 3 is 2.53 bits per heavy atom. The number of nitrogen functional groups attached to an aromatic ring is 1. The Morgan fingerprint density at radius 2 is 2.06 bits per heavy atom. The number of anilines is 2. The normalized spacial score (nSPS) is 12.0. The Hall–Kier alpha value is -1.32. The van der Waals surface area contributed by atoms with Crippen LogP contribution in [-0.2, 0) is 19.3 Å². The number of aromatic nitrogens is 2. The van der Waals surface area contributed by atoms with E-state index in [0.717, 1.165) is 6.26 Å². The van der Waals surface area contributed by atoms with Gasteiger partial charge in [0.2, 0.25) is 0 Å². The van der Waals surface area contributed by atoms with E-state index in [1.807, 2.05) is 0 Å². The van der Waals surface area contributed by atoms with Gasteiger partial charge >= 0.3 is 0 Å². The molecule has 0 aliphatic rings. The van der Waals surface area contributed by atoms with E-state index in [0.29, 0.717) is 0 Å². The molecule has 98 valence electrons. The van der Waals surface area contributed by atoms with E-state index in [-0.39, 0.29) is 23.1 Å². The lowest BCUT2D eigenvalue weighted by atomic mass is 10.5. The highest BCUT2D eigenvalue weighted by atomic mass is 32.2. The minimum absolute atomic E-state index is 0.00128. The Balaban J connectivity index is 2.86. The average molecular weight is 264 g/mol. The first-order valence-electron chi connectivity index (χ1n) is 4.73. The molecule has 1 aromatic rings. The van der Waals surface area contributed by atoms with Crippen molar-refractivity contribution in [2.75, 3.05) is 38.1 Å². The van der Waals surface area contributed by atoms with Crippen molar-refractivity contribution in [2.45, 2.75) is 11.2 Å². The van der Waals surface area contributed by atoms with Crippen molar-refractivity contribution in [2.24, 2.45) is 0 Å². The van der Waals surface area contributed by atoms with Crippen LogP contribution in [-0.4, -0.2) is 51.9 Å². The van der Waals surface area contributed by atoms with E-state index < -0.39 is 16.1 Å². The summed E-state index contributed by atoms with van der Waals surface area (Å²) in [5, 5.41) is 8.97. The number of ether oxygens (including phenoxy) is 2. The van der Waals surface area contributed by atoms with Gasteiger partial charge < -0.3 is 20.5 Å². The molecule has 0 aliphatic heterocycles. The Labute approximate surface area is 99.4 Å². The minimum Gasteiger partial charge on any atom is -0.383 e. The first kappa shape index (κ1) is 13.7. The number of nitrogens with zero attached hydrogens (tertiary/aromatic N) is 1. The van der Waals surface area contributed by atoms with Gasteiger partial charge in [0, 0.05) is 20.5 Å². The standard InChI is InChI=1S/C8H16N4O4S/c1-15-5(16-2)4-10-8-6(17(3,13)14)7(9)11-12-8/h5H,4H2,1-3H3,(H4,9,10,11,12). The molecule has 0 bridgehead atoms. The molecule has 0 unspecified atom stereocenters. The molecule has 0 aliphatic carbocycles. The number of H-pyrrole nitrogens is 1. The molecule has 1 rings (SSSR count). The smallest absolute Gasteiger partial charge is 0.182 e. The van der Waals surface area contributed by atoms with Gasteiger partial charge in [-0.05, 0) is 0 Å². The molecule has 0 saturated heterocycles. The molecule has 9 heteroatoms. The predicted molar refractivity (Wildman–Crippen MR) is 62.4 cm³/mol. The summed E-state index contributed by atoms with van der Waals surface area (Å²) < 4.78 is 32.9. The SMILES string of the molecule is COC(CNc1n[nH]c(N)c1S(C)(=O)=O)OC. The first-order chi connectivity index (χ1) is 7.90. The molecular formula is C8H16N4O4S. The van der Waals surface area contributed by atoms with Crippen molar-refractivity contribution in [3.8, 4) is 0 Å². The summed E-state index contributed by atoms with van der Waals surface area (Å²) in [4.78, 5) is -0.0524. The van der Waals surface area contributed by atoms with Gasteiger partial charge in [-0.15, -0.1) is 0 Å². The van der Waals surface area contributed by atoms with Crippen LogP contribution in [0.3, 0.4) is 0 Å². The van der Waals surface area contributed by atoms with Gasteiger partial charge in [0.05, 0.1) is 6.54 Å². The van der Waals surface area contributed by atoms with Crippen molar-refractivity contribution in [1.29, 1.82) is 0 Å². The molecule has 1 heterocycles. The number of hydrogen-bond donors (Lipinski definition) is 3. The highest BCUT2D eigenvalue weighted by Gasteiger charge is 2.21. The zero-order valence-corrected chi connectivity index (χ0v) is 10.7. The van der Waals surface area contributed by atoms with Gasteiger partial charge in [-0.3, -0.25) is 5.10 Å². The van der Waals surface area contributed by atoms with Crippen LogP contribution >= 0.6 is 0 Å². The Kier molecular flexibility index (Phi) is 4.32. The molecule has 4 N–H and O–H groups in total. The van der Waals surface area contributed by atoms with Crippen molar-refractivity contribution < 1.29 is 17.9 Å². The molecule has 0 spiro atoms. The molecule has 0 amide bonds. The molecule has 0 saturated carbocycles. The monoisotopic (exact) mass is 264 g/mol. The second kappa shape index (κ2) is 5.34. The topological polar surface area (TPSA) is 119 Å². The first-order valence-corrected chi connectivity index (χ1v) is 6.62. The lowest BCUT2D eigenvalue weighted by molar-refractivity contribution is -0.0914. The quantitative estimate of drug-likeness (QED) is 0.588. The minimum atomic E-state index is -3.45. The van der Waals surface area contributed by atoms with Crippen LogP contribution < -0.4 is 11.1 Å². The molecule has 0 radical (unpaired) electrons. The van der Waals surface area contributed by atoms with Crippen LogP contribution in [0.25, 0.3) is 0 Å². The maximum atomic E-state index is 11.5. The number of rotatable bonds is 6. The highest BCUT2D eigenvalue weighted by molar-refractivity contribution is 7.91. The van der Waals surface area contributed by atoms with Gasteiger partial charge in [0.1, 0.15) is 5.82 Å². The molecule has 1 aromatic heterocycles. The molecule has 0 fully saturated rings. The van der Waals surface area contributed by atoms with Gasteiger partial charge in [-0.25, -0.2) is 8.42 Å². The summed E-state index contributed by atoms with van der Waals surface area (Å²) in [6.45, 7) is 0.250. The van der Waals surface area contributed by atoms with E-state index in [4.69, 9.17) is 15.2 Å². The summed E-state index contributed by atoms with van der Waals surface area (Å²) in [5.74, 6) is 0.158. The number of methoxy groups -OCH3 is 2. The second-order valence-electron chi connectivity index (χ2n) is 3.37. The average Bonchev–Trinajstić information content (AvgIpc) is 2.61. The molecular weight excluding hydrogens is 248 g/mol. The van der Waals surface area contributed by atoms with Crippen LogP contribution in [0.4, 0.5) is 11.6 Å². The van der Waals surface area contributed by atoms with Crippen molar-refractivity contribution >= 4 is 21.5 Å². The van der Waals surface area contributed by atoms with Gasteiger partial charge in [0.15, 0.2) is 26.8 Å². The van der Waals surface area contributed by atoms with Crippen LogP contribution in [0.5, 0.6) is 0 Å². The second-order valence-corrected chi connectivity index (χ2v) is 5.32. The lowest BCUT2D eigenvalue weighted by Gasteiger charge is -2.14. The molecule has 0 atom stereocenters. The predicted octanol–water partition coefficient (Wildman–Crippen LogP) is -0.574. The third kappa shape index (κ3) is 3.32. The van der Waals surface area contributed by atoms with Crippen LogP contribution in [0.15, 0.2) is 4.90 Å². The van der Waals surface area contributed by atoms with E-state index in [2.05, 4.69) is 15.5 Å². The van der Waals surface area contributed by atoms with Crippen LogP contribution in [0.1, 0.15) is 0 Å². The largest absolute Gasteiger partial charge is 0.383 e. The Morgan fingerprint density at radius 1 is 1.47 bits per heavy atom. The van der Waals surface area contributed by atoms with Gasteiger partial charge in [-0.2, -0.15) is 5.10 Å². The number of sulfone groups is 1. The Bertz CT molecular complexity index is 466. The summed E-state index contributed by atoms with van der Waals surface area (Å²) in [5.41, 5.74) is 5.50. The summed E-state index contributed by atoms with van der Waals surface area (Å²) in [7, 11) is -0.488. The number of hydrogen-bond acceptors (Lipinski definition) is 7. The van der Waals surface area contributed by atoms with Crippen LogP contribution in [0.2, 0.25) is 0 Å². The molecule has 17 heavy (non-hydrogen) atoms. The summed E-state index contributed by atoms with van der Waals surface area (Å²) >= 11 is 0. The zero-order valence-electron chi connectivity index (χ0n) is 9.85. The van der Waals surface area contributed by atoms with E-state index in [1.165, 1.54) is 14.2 Å². The third-order valence-corrected chi connectivity index (χ3v) is 3.24. The number of nitrogens with one attached hydrogen (secondary N) is 2.